The van der Waals surface area contributed by atoms with Gasteiger partial charge in [-0.25, -0.2) is 4.98 Å². The molecule has 0 spiro atoms. The fourth-order valence-electron chi connectivity index (χ4n) is 2.35. The number of nitrogens with one attached hydrogen (secondary N) is 2. The Hall–Kier alpha value is -3.11. The Labute approximate surface area is 149 Å². The lowest BCUT2D eigenvalue weighted by Gasteiger charge is -2.05. The van der Waals surface area contributed by atoms with Gasteiger partial charge in [0.1, 0.15) is 11.5 Å². The van der Waals surface area contributed by atoms with Crippen molar-refractivity contribution in [3.8, 4) is 17.3 Å². The van der Waals surface area contributed by atoms with E-state index in [9.17, 15) is 4.79 Å². The standard InChI is InChI=1S/C18H16N4O2S/c1-11-7-15(12(2)24-11)16-10-25-18(21-16)22-17(23)9-20-14-5-3-13(8-19)4-6-14/h3-7,10,20H,9H2,1-2H3,(H,21,22,23). The monoisotopic (exact) mass is 352 g/mol. The Bertz CT molecular complexity index is 935. The molecule has 1 aromatic carbocycles. The summed E-state index contributed by atoms with van der Waals surface area (Å²) in [6.45, 7) is 3.90. The van der Waals surface area contributed by atoms with Gasteiger partial charge >= 0.3 is 0 Å². The number of aromatic nitrogens is 1. The van der Waals surface area contributed by atoms with E-state index >= 15 is 0 Å². The third-order valence-electron chi connectivity index (χ3n) is 3.53. The van der Waals surface area contributed by atoms with E-state index in [0.717, 1.165) is 28.5 Å². The Balaban J connectivity index is 1.58. The summed E-state index contributed by atoms with van der Waals surface area (Å²) in [5.74, 6) is 1.45. The molecule has 0 saturated heterocycles. The molecule has 25 heavy (non-hydrogen) atoms. The summed E-state index contributed by atoms with van der Waals surface area (Å²) in [5, 5.41) is 17.0. The van der Waals surface area contributed by atoms with Crippen LogP contribution in [0.5, 0.6) is 0 Å². The van der Waals surface area contributed by atoms with Crippen molar-refractivity contribution in [2.75, 3.05) is 17.2 Å². The molecule has 7 heteroatoms. The number of nitriles is 1. The highest BCUT2D eigenvalue weighted by molar-refractivity contribution is 7.14. The predicted molar refractivity (Wildman–Crippen MR) is 97.6 cm³/mol. The smallest absolute Gasteiger partial charge is 0.245 e. The molecule has 2 N–H and O–H groups in total. The number of furan rings is 1. The minimum Gasteiger partial charge on any atom is -0.466 e. The van der Waals surface area contributed by atoms with Crippen LogP contribution in [0.4, 0.5) is 10.8 Å². The molecule has 0 unspecified atom stereocenters. The van der Waals surface area contributed by atoms with Gasteiger partial charge in [0.2, 0.25) is 5.91 Å². The van der Waals surface area contributed by atoms with Crippen LogP contribution >= 0.6 is 11.3 Å². The number of hydrogen-bond donors (Lipinski definition) is 2. The summed E-state index contributed by atoms with van der Waals surface area (Å²) in [5.41, 5.74) is 3.08. The van der Waals surface area contributed by atoms with Crippen molar-refractivity contribution >= 4 is 28.1 Å². The van der Waals surface area contributed by atoms with E-state index in [4.69, 9.17) is 9.68 Å². The van der Waals surface area contributed by atoms with Crippen molar-refractivity contribution in [1.82, 2.24) is 4.98 Å². The fourth-order valence-corrected chi connectivity index (χ4v) is 3.08. The van der Waals surface area contributed by atoms with E-state index in [-0.39, 0.29) is 12.5 Å². The van der Waals surface area contributed by atoms with E-state index in [1.165, 1.54) is 11.3 Å². The largest absolute Gasteiger partial charge is 0.466 e. The minimum atomic E-state index is -0.189. The molecule has 0 aliphatic heterocycles. The van der Waals surface area contributed by atoms with Gasteiger partial charge < -0.3 is 15.1 Å². The predicted octanol–water partition coefficient (Wildman–Crippen LogP) is 3.94. The molecule has 0 atom stereocenters. The van der Waals surface area contributed by atoms with Gasteiger partial charge in [-0.1, -0.05) is 0 Å². The van der Waals surface area contributed by atoms with Crippen LogP contribution in [-0.4, -0.2) is 17.4 Å². The maximum atomic E-state index is 12.0. The molecular weight excluding hydrogens is 336 g/mol. The van der Waals surface area contributed by atoms with Crippen LogP contribution in [0.15, 0.2) is 40.1 Å². The van der Waals surface area contributed by atoms with Crippen LogP contribution < -0.4 is 10.6 Å². The number of anilines is 2. The van der Waals surface area contributed by atoms with Crippen LogP contribution in [0.25, 0.3) is 11.3 Å². The normalized spacial score (nSPS) is 10.3. The third kappa shape index (κ3) is 4.05. The molecule has 0 radical (unpaired) electrons. The van der Waals surface area contributed by atoms with Gasteiger partial charge in [-0.15, -0.1) is 11.3 Å². The van der Waals surface area contributed by atoms with E-state index in [0.29, 0.717) is 10.7 Å². The number of hydrogen-bond acceptors (Lipinski definition) is 6. The average Bonchev–Trinajstić information content (AvgIpc) is 3.19. The lowest BCUT2D eigenvalue weighted by molar-refractivity contribution is -0.114. The van der Waals surface area contributed by atoms with Crippen LogP contribution in [0.3, 0.4) is 0 Å². The van der Waals surface area contributed by atoms with Crippen molar-refractivity contribution in [2.45, 2.75) is 13.8 Å². The van der Waals surface area contributed by atoms with Gasteiger partial charge in [-0.05, 0) is 44.2 Å². The quantitative estimate of drug-likeness (QED) is 0.726. The number of aryl methyl sites for hydroxylation is 2. The highest BCUT2D eigenvalue weighted by atomic mass is 32.1. The maximum absolute atomic E-state index is 12.0. The number of nitrogens with zero attached hydrogens (tertiary/aromatic N) is 2. The van der Waals surface area contributed by atoms with Gasteiger partial charge in [-0.2, -0.15) is 5.26 Å². The first-order valence-electron chi connectivity index (χ1n) is 7.62. The van der Waals surface area contributed by atoms with Gasteiger partial charge in [0.05, 0.1) is 23.9 Å². The minimum absolute atomic E-state index is 0.116. The van der Waals surface area contributed by atoms with Gasteiger partial charge in [0, 0.05) is 16.6 Å². The first kappa shape index (κ1) is 16.7. The molecule has 0 saturated carbocycles. The molecule has 0 aliphatic carbocycles. The number of amides is 1. The van der Waals surface area contributed by atoms with E-state index in [2.05, 4.69) is 21.7 Å². The summed E-state index contributed by atoms with van der Waals surface area (Å²) in [6.07, 6.45) is 0. The van der Waals surface area contributed by atoms with Gasteiger partial charge in [0.15, 0.2) is 5.13 Å². The van der Waals surface area contributed by atoms with Crippen molar-refractivity contribution in [3.63, 3.8) is 0 Å². The third-order valence-corrected chi connectivity index (χ3v) is 4.29. The van der Waals surface area contributed by atoms with Gasteiger partial charge in [0.25, 0.3) is 0 Å². The summed E-state index contributed by atoms with van der Waals surface area (Å²) in [4.78, 5) is 16.5. The van der Waals surface area contributed by atoms with E-state index in [1.807, 2.05) is 25.3 Å². The fraction of sp³-hybridized carbons (Fsp3) is 0.167. The number of rotatable bonds is 5. The second-order valence-electron chi connectivity index (χ2n) is 5.46. The van der Waals surface area contributed by atoms with Crippen molar-refractivity contribution in [1.29, 1.82) is 5.26 Å². The number of thiazole rings is 1. The molecule has 0 aliphatic rings. The summed E-state index contributed by atoms with van der Waals surface area (Å²) >= 11 is 1.37. The Morgan fingerprint density at radius 1 is 1.32 bits per heavy atom. The lowest BCUT2D eigenvalue weighted by Crippen LogP contribution is -2.21. The Morgan fingerprint density at radius 3 is 2.72 bits per heavy atom. The molecular formula is C18H16N4O2S. The summed E-state index contributed by atoms with van der Waals surface area (Å²) in [7, 11) is 0. The zero-order valence-electron chi connectivity index (χ0n) is 13.8. The summed E-state index contributed by atoms with van der Waals surface area (Å²) in [6, 6.07) is 10.9. The zero-order chi connectivity index (χ0) is 17.8. The second-order valence-corrected chi connectivity index (χ2v) is 6.31. The molecule has 126 valence electrons. The molecule has 0 bridgehead atoms. The molecule has 6 nitrogen and oxygen atoms in total. The van der Waals surface area contributed by atoms with Crippen LogP contribution in [-0.2, 0) is 4.79 Å². The molecule has 3 aromatic rings. The average molecular weight is 352 g/mol. The maximum Gasteiger partial charge on any atom is 0.245 e. The molecule has 0 fully saturated rings. The Kier molecular flexibility index (Phi) is 4.82. The van der Waals surface area contributed by atoms with Crippen molar-refractivity contribution in [2.24, 2.45) is 0 Å². The zero-order valence-corrected chi connectivity index (χ0v) is 14.6. The Morgan fingerprint density at radius 2 is 2.08 bits per heavy atom. The molecule has 1 amide bonds. The SMILES string of the molecule is Cc1cc(-c2csc(NC(=O)CNc3ccc(C#N)cc3)n2)c(C)o1. The molecule has 2 aromatic heterocycles. The van der Waals surface area contributed by atoms with Crippen LogP contribution in [0.2, 0.25) is 0 Å². The van der Waals surface area contributed by atoms with Crippen LogP contribution in [0, 0.1) is 25.2 Å². The van der Waals surface area contributed by atoms with E-state index < -0.39 is 0 Å². The first-order valence-corrected chi connectivity index (χ1v) is 8.50. The second kappa shape index (κ2) is 7.20. The van der Waals surface area contributed by atoms with Crippen molar-refractivity contribution in [3.05, 3.63) is 52.8 Å². The number of benzene rings is 1. The van der Waals surface area contributed by atoms with E-state index in [1.54, 1.807) is 24.3 Å². The summed E-state index contributed by atoms with van der Waals surface area (Å²) < 4.78 is 5.51. The number of carbonyl (C=O) groups excluding carboxylic acids is 1. The molecule has 3 rings (SSSR count). The first-order chi connectivity index (χ1) is 12.0. The van der Waals surface area contributed by atoms with Crippen molar-refractivity contribution < 1.29 is 9.21 Å². The topological polar surface area (TPSA) is 91.0 Å². The number of carbonyl (C=O) groups is 1. The van der Waals surface area contributed by atoms with Gasteiger partial charge in [-0.3, -0.25) is 4.79 Å². The molecule has 2 heterocycles. The van der Waals surface area contributed by atoms with Crippen LogP contribution in [0.1, 0.15) is 17.1 Å². The lowest BCUT2D eigenvalue weighted by atomic mass is 10.2. The highest BCUT2D eigenvalue weighted by Gasteiger charge is 2.12. The highest BCUT2D eigenvalue weighted by Crippen LogP contribution is 2.29.